The number of nitrogens with zero attached hydrogens (tertiary/aromatic N) is 4. The van der Waals surface area contributed by atoms with Crippen LogP contribution in [0.15, 0.2) is 83.7 Å². The van der Waals surface area contributed by atoms with Crippen molar-refractivity contribution in [3.63, 3.8) is 0 Å². The van der Waals surface area contributed by atoms with Gasteiger partial charge in [-0.15, -0.1) is 0 Å². The van der Waals surface area contributed by atoms with E-state index in [1.165, 1.54) is 17.0 Å². The molecule has 0 radical (unpaired) electrons. The van der Waals surface area contributed by atoms with Crippen LogP contribution in [0, 0.1) is 10.1 Å². The van der Waals surface area contributed by atoms with Crippen LogP contribution in [0.25, 0.3) is 11.0 Å². The van der Waals surface area contributed by atoms with E-state index < -0.39 is 11.0 Å². The molecular formula is C29H31N5O5. The van der Waals surface area contributed by atoms with Crippen LogP contribution in [0.4, 0.5) is 10.5 Å². The molecule has 0 aliphatic carbocycles. The van der Waals surface area contributed by atoms with E-state index in [-0.39, 0.29) is 23.5 Å². The monoisotopic (exact) mass is 529 g/mol. The minimum atomic E-state index is -0.949. The van der Waals surface area contributed by atoms with Crippen molar-refractivity contribution in [3.05, 3.63) is 111 Å². The second kappa shape index (κ2) is 11.5. The molecule has 0 saturated carbocycles. The highest BCUT2D eigenvalue weighted by molar-refractivity contribution is 5.75. The van der Waals surface area contributed by atoms with Gasteiger partial charge in [0.1, 0.15) is 0 Å². The van der Waals surface area contributed by atoms with E-state index in [0.29, 0.717) is 45.4 Å². The lowest BCUT2D eigenvalue weighted by Crippen LogP contribution is -2.48. The number of carboxylic acid groups (broad SMARTS) is 1. The van der Waals surface area contributed by atoms with Crippen molar-refractivity contribution in [2.45, 2.75) is 44.4 Å². The van der Waals surface area contributed by atoms with Gasteiger partial charge in [-0.3, -0.25) is 19.6 Å². The van der Waals surface area contributed by atoms with Gasteiger partial charge in [-0.1, -0.05) is 54.6 Å². The lowest BCUT2D eigenvalue weighted by atomic mass is 9.94. The summed E-state index contributed by atoms with van der Waals surface area (Å²) in [6.45, 7) is 2.20. The maximum atomic E-state index is 12.8. The number of fused-ring (bicyclic) bond motifs is 1. The number of hydrogen-bond donors (Lipinski definition) is 2. The number of aromatic amines is 1. The fourth-order valence-corrected chi connectivity index (χ4v) is 5.60. The SMILES string of the molecule is O=C(O)N1CCC(n2c(=O)[nH]c3ccccc32)CC1CCN(Cc1ccccc1)Cc1ccc([N+](=O)[O-])cc1. The van der Waals surface area contributed by atoms with Crippen LogP contribution >= 0.6 is 0 Å². The number of nitro groups is 1. The highest BCUT2D eigenvalue weighted by atomic mass is 16.6. The van der Waals surface area contributed by atoms with Crippen LogP contribution in [-0.4, -0.2) is 54.6 Å². The van der Waals surface area contributed by atoms with E-state index in [1.807, 2.05) is 54.6 Å². The molecule has 1 aromatic heterocycles. The summed E-state index contributed by atoms with van der Waals surface area (Å²) in [4.78, 5) is 42.3. The number of nitro benzene ring substituents is 1. The van der Waals surface area contributed by atoms with Crippen LogP contribution in [0.3, 0.4) is 0 Å². The topological polar surface area (TPSA) is 125 Å². The van der Waals surface area contributed by atoms with Crippen molar-refractivity contribution in [3.8, 4) is 0 Å². The molecule has 4 aromatic rings. The second-order valence-corrected chi connectivity index (χ2v) is 10.0. The summed E-state index contributed by atoms with van der Waals surface area (Å²) in [5.74, 6) is 0. The predicted molar refractivity (Wildman–Crippen MR) is 148 cm³/mol. The van der Waals surface area contributed by atoms with Gasteiger partial charge in [0.2, 0.25) is 0 Å². The van der Waals surface area contributed by atoms with Gasteiger partial charge in [-0.05, 0) is 42.5 Å². The summed E-state index contributed by atoms with van der Waals surface area (Å²) in [5.41, 5.74) is 3.55. The summed E-state index contributed by atoms with van der Waals surface area (Å²) in [7, 11) is 0. The Bertz CT molecular complexity index is 1500. The summed E-state index contributed by atoms with van der Waals surface area (Å²) < 4.78 is 1.78. The highest BCUT2D eigenvalue weighted by Crippen LogP contribution is 2.30. The quantitative estimate of drug-likeness (QED) is 0.232. The van der Waals surface area contributed by atoms with Gasteiger partial charge in [0.05, 0.1) is 16.0 Å². The van der Waals surface area contributed by atoms with Crippen molar-refractivity contribution in [2.24, 2.45) is 0 Å². The summed E-state index contributed by atoms with van der Waals surface area (Å²) in [5, 5.41) is 21.0. The van der Waals surface area contributed by atoms with Crippen LogP contribution in [-0.2, 0) is 13.1 Å². The summed E-state index contributed by atoms with van der Waals surface area (Å²) in [6.07, 6.45) is 0.765. The standard InChI is InChI=1S/C29H31N5O5/c35-28-30-26-8-4-5-9-27(26)33(28)25-15-17-32(29(36)37)24(18-25)14-16-31(19-21-6-2-1-3-7-21)20-22-10-12-23(13-11-22)34(38)39/h1-13,24-25H,14-20H2,(H,30,35)(H,36,37). The Morgan fingerprint density at radius 2 is 1.67 bits per heavy atom. The van der Waals surface area contributed by atoms with Gasteiger partial charge in [0.25, 0.3) is 5.69 Å². The van der Waals surface area contributed by atoms with Gasteiger partial charge in [-0.25, -0.2) is 9.59 Å². The average Bonchev–Trinajstić information content (AvgIpc) is 3.28. The van der Waals surface area contributed by atoms with Crippen LogP contribution < -0.4 is 5.69 Å². The third kappa shape index (κ3) is 6.01. The largest absolute Gasteiger partial charge is 0.465 e. The van der Waals surface area contributed by atoms with E-state index in [4.69, 9.17) is 0 Å². The molecule has 1 amide bonds. The number of para-hydroxylation sites is 2. The van der Waals surface area contributed by atoms with Gasteiger partial charge < -0.3 is 15.0 Å². The normalized spacial score (nSPS) is 17.5. The van der Waals surface area contributed by atoms with Crippen molar-refractivity contribution in [2.75, 3.05) is 13.1 Å². The molecule has 1 aliphatic rings. The number of benzene rings is 3. The fraction of sp³-hybridized carbons (Fsp3) is 0.310. The number of imidazole rings is 1. The van der Waals surface area contributed by atoms with Gasteiger partial charge >= 0.3 is 11.8 Å². The van der Waals surface area contributed by atoms with Crippen molar-refractivity contribution >= 4 is 22.8 Å². The molecule has 10 nitrogen and oxygen atoms in total. The first-order valence-corrected chi connectivity index (χ1v) is 13.1. The third-order valence-corrected chi connectivity index (χ3v) is 7.50. The van der Waals surface area contributed by atoms with Gasteiger partial charge in [0, 0.05) is 50.4 Å². The molecule has 202 valence electrons. The van der Waals surface area contributed by atoms with E-state index in [1.54, 1.807) is 16.7 Å². The first-order chi connectivity index (χ1) is 18.9. The van der Waals surface area contributed by atoms with Gasteiger partial charge in [0.15, 0.2) is 0 Å². The molecule has 2 heterocycles. The number of hydrogen-bond acceptors (Lipinski definition) is 5. The number of non-ortho nitro benzene ring substituents is 1. The fourth-order valence-electron chi connectivity index (χ4n) is 5.60. The number of rotatable bonds is 9. The minimum absolute atomic E-state index is 0.0474. The first kappa shape index (κ1) is 26.2. The molecule has 39 heavy (non-hydrogen) atoms. The molecule has 5 rings (SSSR count). The summed E-state index contributed by atoms with van der Waals surface area (Å²) >= 11 is 0. The molecule has 0 bridgehead atoms. The number of H-pyrrole nitrogens is 1. The van der Waals surface area contributed by atoms with Crippen LogP contribution in [0.1, 0.15) is 36.4 Å². The Kier molecular flexibility index (Phi) is 7.74. The average molecular weight is 530 g/mol. The van der Waals surface area contributed by atoms with Gasteiger partial charge in [-0.2, -0.15) is 0 Å². The smallest absolute Gasteiger partial charge is 0.407 e. The highest BCUT2D eigenvalue weighted by Gasteiger charge is 2.33. The Balaban J connectivity index is 1.35. The molecule has 2 N–H and O–H groups in total. The van der Waals surface area contributed by atoms with E-state index in [0.717, 1.165) is 22.2 Å². The van der Waals surface area contributed by atoms with Crippen LogP contribution in [0.5, 0.6) is 0 Å². The second-order valence-electron chi connectivity index (χ2n) is 10.0. The van der Waals surface area contributed by atoms with Crippen molar-refractivity contribution < 1.29 is 14.8 Å². The lowest BCUT2D eigenvalue weighted by molar-refractivity contribution is -0.384. The zero-order chi connectivity index (χ0) is 27.4. The number of likely N-dealkylation sites (tertiary alicyclic amines) is 1. The van der Waals surface area contributed by atoms with E-state index in [2.05, 4.69) is 9.88 Å². The molecule has 2 atom stereocenters. The first-order valence-electron chi connectivity index (χ1n) is 13.1. The van der Waals surface area contributed by atoms with Crippen molar-refractivity contribution in [1.82, 2.24) is 19.4 Å². The minimum Gasteiger partial charge on any atom is -0.465 e. The van der Waals surface area contributed by atoms with Crippen molar-refractivity contribution in [1.29, 1.82) is 0 Å². The Labute approximate surface area is 225 Å². The molecule has 1 saturated heterocycles. The maximum absolute atomic E-state index is 12.8. The number of amides is 1. The lowest BCUT2D eigenvalue weighted by Gasteiger charge is -2.39. The predicted octanol–water partition coefficient (Wildman–Crippen LogP) is 5.01. The molecule has 1 aliphatic heterocycles. The van der Waals surface area contributed by atoms with Crippen LogP contribution in [0.2, 0.25) is 0 Å². The number of piperidine rings is 1. The summed E-state index contributed by atoms with van der Waals surface area (Å²) in [6, 6.07) is 23.8. The zero-order valence-corrected chi connectivity index (χ0v) is 21.5. The molecule has 0 spiro atoms. The molecular weight excluding hydrogens is 498 g/mol. The molecule has 2 unspecified atom stereocenters. The van der Waals surface area contributed by atoms with E-state index in [9.17, 15) is 24.8 Å². The zero-order valence-electron chi connectivity index (χ0n) is 21.5. The molecule has 1 fully saturated rings. The Hall–Kier alpha value is -4.44. The molecule has 10 heteroatoms. The number of aromatic nitrogens is 2. The molecule has 3 aromatic carbocycles. The number of nitrogens with one attached hydrogen (secondary N) is 1. The maximum Gasteiger partial charge on any atom is 0.407 e. The third-order valence-electron chi connectivity index (χ3n) is 7.50. The Morgan fingerprint density at radius 3 is 2.36 bits per heavy atom. The number of carbonyl (C=O) groups is 1. The van der Waals surface area contributed by atoms with E-state index >= 15 is 0 Å². The Morgan fingerprint density at radius 1 is 1.00 bits per heavy atom.